The average Bonchev–Trinajstić information content (AvgIpc) is 2.36. The summed E-state index contributed by atoms with van der Waals surface area (Å²) >= 11 is 2.01. The zero-order valence-electron chi connectivity index (χ0n) is 11.5. The van der Waals surface area contributed by atoms with Crippen molar-refractivity contribution in [2.24, 2.45) is 0 Å². The minimum Gasteiger partial charge on any atom is -0.375 e. The van der Waals surface area contributed by atoms with E-state index in [0.29, 0.717) is 6.04 Å². The second-order valence-electron chi connectivity index (χ2n) is 5.34. The van der Waals surface area contributed by atoms with Gasteiger partial charge in [-0.15, -0.1) is 0 Å². The molecule has 1 atom stereocenters. The van der Waals surface area contributed by atoms with Crippen LogP contribution in [0.2, 0.25) is 0 Å². The Hall–Kier alpha value is -0.510. The van der Waals surface area contributed by atoms with Gasteiger partial charge >= 0.3 is 0 Å². The Bertz CT molecular complexity index is 392. The molecule has 0 radical (unpaired) electrons. The summed E-state index contributed by atoms with van der Waals surface area (Å²) in [6.07, 6.45) is 0. The Kier molecular flexibility index (Phi) is 4.71. The number of benzene rings is 1. The number of ether oxygens (including phenoxy) is 1. The highest BCUT2D eigenvalue weighted by Crippen LogP contribution is 2.31. The highest BCUT2D eigenvalue weighted by molar-refractivity contribution is 7.98. The molecule has 1 heterocycles. The first-order valence-corrected chi connectivity index (χ1v) is 7.81. The predicted octanol–water partition coefficient (Wildman–Crippen LogP) is 3.38. The van der Waals surface area contributed by atoms with Crippen molar-refractivity contribution < 1.29 is 4.74 Å². The molecular formula is C15H23NOS. The van der Waals surface area contributed by atoms with Crippen molar-refractivity contribution in [1.82, 2.24) is 5.32 Å². The molecule has 0 aliphatic carbocycles. The van der Waals surface area contributed by atoms with Crippen LogP contribution in [-0.2, 0) is 10.5 Å². The highest BCUT2D eigenvalue weighted by atomic mass is 32.2. The number of nitrogens with one attached hydrogen (secondary N) is 1. The smallest absolute Gasteiger partial charge is 0.0750 e. The van der Waals surface area contributed by atoms with E-state index in [9.17, 15) is 0 Å². The lowest BCUT2D eigenvalue weighted by Gasteiger charge is -2.31. The van der Waals surface area contributed by atoms with E-state index < -0.39 is 0 Å². The van der Waals surface area contributed by atoms with Gasteiger partial charge in [-0.25, -0.2) is 0 Å². The van der Waals surface area contributed by atoms with Crippen LogP contribution in [0.25, 0.3) is 0 Å². The summed E-state index contributed by atoms with van der Waals surface area (Å²) in [6.45, 7) is 8.00. The summed E-state index contributed by atoms with van der Waals surface area (Å²) in [4.78, 5) is 0. The maximum absolute atomic E-state index is 5.74. The van der Waals surface area contributed by atoms with Gasteiger partial charge in [-0.1, -0.05) is 24.3 Å². The molecule has 1 aromatic rings. The molecule has 1 aliphatic heterocycles. The van der Waals surface area contributed by atoms with Crippen LogP contribution in [0.15, 0.2) is 24.3 Å². The lowest BCUT2D eigenvalue weighted by Crippen LogP contribution is -2.40. The minimum atomic E-state index is -0.0915. The van der Waals surface area contributed by atoms with Crippen LogP contribution in [0.4, 0.5) is 0 Å². The topological polar surface area (TPSA) is 21.3 Å². The van der Waals surface area contributed by atoms with E-state index in [4.69, 9.17) is 4.74 Å². The van der Waals surface area contributed by atoms with Gasteiger partial charge < -0.3 is 10.1 Å². The van der Waals surface area contributed by atoms with Gasteiger partial charge in [-0.05, 0) is 31.9 Å². The molecule has 0 amide bonds. The van der Waals surface area contributed by atoms with Crippen LogP contribution in [0, 0.1) is 0 Å². The summed E-state index contributed by atoms with van der Waals surface area (Å²) in [7, 11) is 0. The normalized spacial score (nSPS) is 19.6. The van der Waals surface area contributed by atoms with Gasteiger partial charge in [0.25, 0.3) is 0 Å². The largest absolute Gasteiger partial charge is 0.375 e. The van der Waals surface area contributed by atoms with E-state index in [-0.39, 0.29) is 5.60 Å². The van der Waals surface area contributed by atoms with Gasteiger partial charge in [-0.2, -0.15) is 11.8 Å². The molecule has 2 nitrogen and oxygen atoms in total. The van der Waals surface area contributed by atoms with E-state index in [1.54, 1.807) is 0 Å². The number of rotatable bonds is 5. The number of fused-ring (bicyclic) bond motifs is 1. The Balaban J connectivity index is 1.99. The molecule has 0 bridgehead atoms. The lowest BCUT2D eigenvalue weighted by atomic mass is 10.0. The average molecular weight is 265 g/mol. The van der Waals surface area contributed by atoms with Crippen LogP contribution in [0.1, 0.15) is 37.9 Å². The molecule has 2 rings (SSSR count). The van der Waals surface area contributed by atoms with Gasteiger partial charge in [0.05, 0.1) is 5.60 Å². The first-order chi connectivity index (χ1) is 8.62. The Morgan fingerprint density at radius 3 is 2.94 bits per heavy atom. The molecular weight excluding hydrogens is 242 g/mol. The summed E-state index contributed by atoms with van der Waals surface area (Å²) < 4.78 is 5.74. The molecule has 0 aromatic heterocycles. The Morgan fingerprint density at radius 1 is 1.39 bits per heavy atom. The van der Waals surface area contributed by atoms with E-state index in [0.717, 1.165) is 24.7 Å². The number of thioether (sulfide) groups is 1. The molecule has 1 aliphatic rings. The van der Waals surface area contributed by atoms with E-state index >= 15 is 0 Å². The van der Waals surface area contributed by atoms with Crippen LogP contribution < -0.4 is 5.32 Å². The first kappa shape index (κ1) is 13.9. The highest BCUT2D eigenvalue weighted by Gasteiger charge is 2.23. The summed E-state index contributed by atoms with van der Waals surface area (Å²) in [5, 5.41) is 3.66. The van der Waals surface area contributed by atoms with Crippen molar-refractivity contribution in [2.45, 2.75) is 38.2 Å². The van der Waals surface area contributed by atoms with Gasteiger partial charge in [0.2, 0.25) is 0 Å². The monoisotopic (exact) mass is 265 g/mol. The molecule has 0 saturated heterocycles. The molecule has 0 fully saturated rings. The van der Waals surface area contributed by atoms with E-state index in [1.165, 1.54) is 11.1 Å². The third-order valence-electron chi connectivity index (χ3n) is 3.28. The second-order valence-corrected chi connectivity index (χ2v) is 6.37. The van der Waals surface area contributed by atoms with Gasteiger partial charge in [-0.3, -0.25) is 0 Å². The van der Waals surface area contributed by atoms with E-state index in [2.05, 4.69) is 43.4 Å². The number of hydrogen-bond donors (Lipinski definition) is 1. The fourth-order valence-electron chi connectivity index (χ4n) is 2.36. The van der Waals surface area contributed by atoms with Crippen molar-refractivity contribution >= 4 is 11.8 Å². The maximum Gasteiger partial charge on any atom is 0.0750 e. The lowest BCUT2D eigenvalue weighted by molar-refractivity contribution is -0.0102. The first-order valence-electron chi connectivity index (χ1n) is 6.65. The molecule has 1 aromatic carbocycles. The quantitative estimate of drug-likeness (QED) is 0.882. The van der Waals surface area contributed by atoms with Gasteiger partial charge in [0.15, 0.2) is 0 Å². The van der Waals surface area contributed by atoms with Gasteiger partial charge in [0, 0.05) is 30.7 Å². The SMILES string of the molecule is CCOC(C)(C)CNC1CSCc2ccccc21. The van der Waals surface area contributed by atoms with E-state index in [1.807, 2.05) is 18.7 Å². The molecule has 1 unspecified atom stereocenters. The van der Waals surface area contributed by atoms with Crippen LogP contribution in [-0.4, -0.2) is 24.5 Å². The minimum absolute atomic E-state index is 0.0915. The fraction of sp³-hybridized carbons (Fsp3) is 0.600. The van der Waals surface area contributed by atoms with Gasteiger partial charge in [0.1, 0.15) is 0 Å². The molecule has 100 valence electrons. The van der Waals surface area contributed by atoms with Crippen molar-refractivity contribution in [3.05, 3.63) is 35.4 Å². The molecule has 18 heavy (non-hydrogen) atoms. The Labute approximate surface area is 114 Å². The summed E-state index contributed by atoms with van der Waals surface area (Å²) in [5.74, 6) is 2.29. The van der Waals surface area contributed by atoms with Crippen LogP contribution in [0.5, 0.6) is 0 Å². The number of hydrogen-bond acceptors (Lipinski definition) is 3. The zero-order chi connectivity index (χ0) is 13.0. The third-order valence-corrected chi connectivity index (χ3v) is 4.37. The van der Waals surface area contributed by atoms with Crippen molar-refractivity contribution in [3.8, 4) is 0 Å². The second kappa shape index (κ2) is 6.09. The molecule has 3 heteroatoms. The fourth-order valence-corrected chi connectivity index (χ4v) is 3.50. The molecule has 1 N–H and O–H groups in total. The maximum atomic E-state index is 5.74. The van der Waals surface area contributed by atoms with Crippen LogP contribution >= 0.6 is 11.8 Å². The summed E-state index contributed by atoms with van der Waals surface area (Å²) in [5.41, 5.74) is 2.84. The van der Waals surface area contributed by atoms with Crippen molar-refractivity contribution in [1.29, 1.82) is 0 Å². The summed E-state index contributed by atoms with van der Waals surface area (Å²) in [6, 6.07) is 9.22. The zero-order valence-corrected chi connectivity index (χ0v) is 12.3. The van der Waals surface area contributed by atoms with Crippen molar-refractivity contribution in [2.75, 3.05) is 18.9 Å². The molecule has 0 spiro atoms. The third kappa shape index (κ3) is 3.50. The Morgan fingerprint density at radius 2 is 2.17 bits per heavy atom. The standard InChI is InChI=1S/C15H23NOS/c1-4-17-15(2,3)11-16-14-10-18-9-12-7-5-6-8-13(12)14/h5-8,14,16H,4,9-11H2,1-3H3. The van der Waals surface area contributed by atoms with Crippen molar-refractivity contribution in [3.63, 3.8) is 0 Å². The molecule has 0 saturated carbocycles. The van der Waals surface area contributed by atoms with Crippen LogP contribution in [0.3, 0.4) is 0 Å². The predicted molar refractivity (Wildman–Crippen MR) is 79.1 cm³/mol.